The topological polar surface area (TPSA) is 104 Å². The van der Waals surface area contributed by atoms with Gasteiger partial charge in [0.1, 0.15) is 5.75 Å². The molecule has 43 heavy (non-hydrogen) atoms. The number of urea groups is 1. The van der Waals surface area contributed by atoms with Gasteiger partial charge in [-0.3, -0.25) is 14.5 Å². The highest BCUT2D eigenvalue weighted by molar-refractivity contribution is 7.92. The minimum absolute atomic E-state index is 0.0862. The molecule has 1 saturated heterocycles. The molecule has 4 aromatic rings. The summed E-state index contributed by atoms with van der Waals surface area (Å²) in [5.41, 5.74) is 2.36. The molecule has 9 nitrogen and oxygen atoms in total. The van der Waals surface area contributed by atoms with E-state index in [4.69, 9.17) is 4.74 Å². The van der Waals surface area contributed by atoms with Crippen molar-refractivity contribution in [2.45, 2.75) is 25.4 Å². The number of nitrogens with zero attached hydrogens (tertiary/aromatic N) is 3. The number of ether oxygens (including phenoxy) is 1. The minimum Gasteiger partial charge on any atom is -0.439 e. The van der Waals surface area contributed by atoms with Crippen LogP contribution in [-0.2, 0) is 16.6 Å². The SMILES string of the molecule is CS(=O)(=O)Nc1ccc(Oc2ccc(CN3CCC(N(C(=O)Nc4ccc(F)c(F)c4)c4ccccc4)CC3)cn2)cc1. The van der Waals surface area contributed by atoms with Gasteiger partial charge in [0.15, 0.2) is 11.6 Å². The Morgan fingerprint density at radius 1 is 0.953 bits per heavy atom. The number of benzene rings is 3. The third-order valence-electron chi connectivity index (χ3n) is 6.93. The number of hydrogen-bond donors (Lipinski definition) is 2. The van der Waals surface area contributed by atoms with Crippen molar-refractivity contribution in [2.24, 2.45) is 0 Å². The number of pyridine rings is 1. The van der Waals surface area contributed by atoms with Crippen LogP contribution in [-0.4, -0.2) is 49.7 Å². The molecule has 2 amide bonds. The van der Waals surface area contributed by atoms with Crippen molar-refractivity contribution in [1.29, 1.82) is 0 Å². The Morgan fingerprint density at radius 3 is 2.28 bits per heavy atom. The number of likely N-dealkylation sites (tertiary alicyclic amines) is 1. The Labute approximate surface area is 249 Å². The van der Waals surface area contributed by atoms with Crippen molar-refractivity contribution in [1.82, 2.24) is 9.88 Å². The first-order valence-electron chi connectivity index (χ1n) is 13.7. The van der Waals surface area contributed by atoms with Gasteiger partial charge in [-0.15, -0.1) is 0 Å². The molecule has 1 aromatic heterocycles. The summed E-state index contributed by atoms with van der Waals surface area (Å²) in [5, 5.41) is 2.71. The number of piperidine rings is 1. The molecular weight excluding hydrogens is 576 g/mol. The van der Waals surface area contributed by atoms with Gasteiger partial charge in [-0.25, -0.2) is 27.0 Å². The molecule has 0 saturated carbocycles. The summed E-state index contributed by atoms with van der Waals surface area (Å²) < 4.78 is 58.0. The van der Waals surface area contributed by atoms with Gasteiger partial charge in [0.25, 0.3) is 0 Å². The van der Waals surface area contributed by atoms with E-state index in [1.54, 1.807) is 41.4 Å². The average molecular weight is 608 g/mol. The Kier molecular flexibility index (Phi) is 9.17. The molecule has 224 valence electrons. The molecule has 1 fully saturated rings. The number of para-hydroxylation sites is 1. The molecule has 2 heterocycles. The van der Waals surface area contributed by atoms with Crippen molar-refractivity contribution in [3.63, 3.8) is 0 Å². The van der Waals surface area contributed by atoms with Gasteiger partial charge in [-0.05, 0) is 66.9 Å². The summed E-state index contributed by atoms with van der Waals surface area (Å²) in [4.78, 5) is 21.7. The van der Waals surface area contributed by atoms with Crippen LogP contribution in [0, 0.1) is 11.6 Å². The number of rotatable bonds is 9. The lowest BCUT2D eigenvalue weighted by Crippen LogP contribution is -2.49. The fourth-order valence-corrected chi connectivity index (χ4v) is 5.49. The Bertz CT molecular complexity index is 1650. The van der Waals surface area contributed by atoms with Crippen molar-refractivity contribution in [3.05, 3.63) is 108 Å². The largest absolute Gasteiger partial charge is 0.439 e. The number of halogens is 2. The van der Waals surface area contributed by atoms with Gasteiger partial charge in [-0.2, -0.15) is 0 Å². The molecule has 0 aliphatic carbocycles. The molecule has 1 aliphatic rings. The first-order chi connectivity index (χ1) is 20.6. The number of amides is 2. The third kappa shape index (κ3) is 8.27. The predicted molar refractivity (Wildman–Crippen MR) is 162 cm³/mol. The van der Waals surface area contributed by atoms with Crippen LogP contribution in [0.1, 0.15) is 18.4 Å². The Morgan fingerprint density at radius 2 is 1.65 bits per heavy atom. The molecule has 0 bridgehead atoms. The highest BCUT2D eigenvalue weighted by Gasteiger charge is 2.29. The number of hydrogen-bond acceptors (Lipinski definition) is 6. The van der Waals surface area contributed by atoms with Gasteiger partial charge in [0, 0.05) is 61.1 Å². The van der Waals surface area contributed by atoms with Crippen molar-refractivity contribution in [3.8, 4) is 11.6 Å². The standard InChI is InChI=1S/C31H31F2N5O4S/c1-43(40,41)36-23-8-11-27(12-9-23)42-30-14-7-22(20-34-30)21-37-17-15-26(16-18-37)38(25-5-3-2-4-6-25)31(39)35-24-10-13-28(32)29(33)19-24/h2-14,19-20,26,36H,15-18,21H2,1H3,(H,35,39). The summed E-state index contributed by atoms with van der Waals surface area (Å²) in [6.07, 6.45) is 4.29. The van der Waals surface area contributed by atoms with Gasteiger partial charge < -0.3 is 10.1 Å². The second-order valence-corrected chi connectivity index (χ2v) is 12.0. The maximum atomic E-state index is 13.7. The number of aromatic nitrogens is 1. The van der Waals surface area contributed by atoms with Crippen LogP contribution in [0.4, 0.5) is 30.6 Å². The van der Waals surface area contributed by atoms with Crippen LogP contribution in [0.2, 0.25) is 0 Å². The summed E-state index contributed by atoms with van der Waals surface area (Å²) >= 11 is 0. The van der Waals surface area contributed by atoms with E-state index in [1.807, 2.05) is 36.4 Å². The lowest BCUT2D eigenvalue weighted by Gasteiger charge is -2.38. The van der Waals surface area contributed by atoms with Crippen LogP contribution < -0.4 is 19.7 Å². The summed E-state index contributed by atoms with van der Waals surface area (Å²) in [6, 6.07) is 22.4. The van der Waals surface area contributed by atoms with Crippen LogP contribution in [0.5, 0.6) is 11.6 Å². The molecular formula is C31H31F2N5O4S. The van der Waals surface area contributed by atoms with E-state index in [0.717, 1.165) is 55.6 Å². The van der Waals surface area contributed by atoms with Gasteiger partial charge in [-0.1, -0.05) is 24.3 Å². The first kappa shape index (κ1) is 29.9. The van der Waals surface area contributed by atoms with E-state index in [-0.39, 0.29) is 11.7 Å². The smallest absolute Gasteiger partial charge is 0.326 e. The monoisotopic (exact) mass is 607 g/mol. The third-order valence-corrected chi connectivity index (χ3v) is 7.54. The van der Waals surface area contributed by atoms with Gasteiger partial charge in [0.2, 0.25) is 15.9 Å². The van der Waals surface area contributed by atoms with Gasteiger partial charge in [0.05, 0.1) is 6.26 Å². The number of sulfonamides is 1. The highest BCUT2D eigenvalue weighted by atomic mass is 32.2. The zero-order valence-electron chi connectivity index (χ0n) is 23.4. The van der Waals surface area contributed by atoms with E-state index in [1.165, 1.54) is 6.07 Å². The van der Waals surface area contributed by atoms with Crippen molar-refractivity contribution >= 4 is 33.1 Å². The molecule has 0 radical (unpaired) electrons. The Hall–Kier alpha value is -4.55. The molecule has 0 spiro atoms. The number of anilines is 3. The number of carbonyl (C=O) groups excluding carboxylic acids is 1. The van der Waals surface area contributed by atoms with Crippen LogP contribution >= 0.6 is 0 Å². The van der Waals surface area contributed by atoms with Crippen LogP contribution in [0.25, 0.3) is 0 Å². The normalized spacial score (nSPS) is 14.2. The summed E-state index contributed by atoms with van der Waals surface area (Å²) in [7, 11) is -3.35. The molecule has 0 unspecified atom stereocenters. The summed E-state index contributed by atoms with van der Waals surface area (Å²) in [6.45, 7) is 2.18. The quantitative estimate of drug-likeness (QED) is 0.234. The fourth-order valence-electron chi connectivity index (χ4n) is 4.92. The number of nitrogens with one attached hydrogen (secondary N) is 2. The van der Waals surface area contributed by atoms with Crippen LogP contribution in [0.15, 0.2) is 91.1 Å². The minimum atomic E-state index is -3.35. The van der Waals surface area contributed by atoms with Crippen LogP contribution in [0.3, 0.4) is 0 Å². The second-order valence-electron chi connectivity index (χ2n) is 10.3. The molecule has 12 heteroatoms. The van der Waals surface area contributed by atoms with Crippen molar-refractivity contribution in [2.75, 3.05) is 34.3 Å². The lowest BCUT2D eigenvalue weighted by atomic mass is 10.0. The van der Waals surface area contributed by atoms with E-state index in [9.17, 15) is 22.0 Å². The lowest BCUT2D eigenvalue weighted by molar-refractivity contribution is 0.199. The molecule has 0 atom stereocenters. The molecule has 3 aromatic carbocycles. The maximum absolute atomic E-state index is 13.7. The summed E-state index contributed by atoms with van der Waals surface area (Å²) in [5.74, 6) is -1.06. The maximum Gasteiger partial charge on any atom is 0.326 e. The predicted octanol–water partition coefficient (Wildman–Crippen LogP) is 6.23. The fraction of sp³-hybridized carbons (Fsp3) is 0.226. The van der Waals surface area contributed by atoms with E-state index < -0.39 is 27.7 Å². The molecule has 5 rings (SSSR count). The first-order valence-corrected chi connectivity index (χ1v) is 15.6. The average Bonchev–Trinajstić information content (AvgIpc) is 2.98. The second kappa shape index (κ2) is 13.2. The van der Waals surface area contributed by atoms with Gasteiger partial charge >= 0.3 is 6.03 Å². The molecule has 2 N–H and O–H groups in total. The zero-order valence-corrected chi connectivity index (χ0v) is 24.2. The molecule has 1 aliphatic heterocycles. The van der Waals surface area contributed by atoms with E-state index in [0.29, 0.717) is 23.9 Å². The van der Waals surface area contributed by atoms with Crippen molar-refractivity contribution < 1.29 is 26.7 Å². The van der Waals surface area contributed by atoms with E-state index >= 15 is 0 Å². The van der Waals surface area contributed by atoms with E-state index in [2.05, 4.69) is 19.9 Å². The number of carbonyl (C=O) groups is 1. The Balaban J connectivity index is 1.17. The highest BCUT2D eigenvalue weighted by Crippen LogP contribution is 2.27. The zero-order chi connectivity index (χ0) is 30.4.